The summed E-state index contributed by atoms with van der Waals surface area (Å²) in [4.78, 5) is 14.2. The minimum absolute atomic E-state index is 0.833. The van der Waals surface area contributed by atoms with Gasteiger partial charge in [0.25, 0.3) is 0 Å². The standard InChI is InChI=1S/C4H12N2O.C3H4O2/c1-5(2)7-6(3)4;1-2-3(4)5/h1-4H3;2H,1H2,(H,4,5). The zero-order valence-electron chi connectivity index (χ0n) is 7.94. The highest BCUT2D eigenvalue weighted by atomic mass is 16.8. The molecule has 0 heterocycles. The number of rotatable bonds is 3. The monoisotopic (exact) mass is 176 g/mol. The fourth-order valence-electron chi connectivity index (χ4n) is 0.327. The molecule has 0 aromatic carbocycles. The normalized spacial score (nSPS) is 9.17. The first kappa shape index (κ1) is 13.7. The van der Waals surface area contributed by atoms with Crippen LogP contribution in [-0.2, 0) is 9.73 Å². The van der Waals surface area contributed by atoms with Gasteiger partial charge in [0, 0.05) is 34.3 Å². The highest BCUT2D eigenvalue weighted by Gasteiger charge is 1.87. The summed E-state index contributed by atoms with van der Waals surface area (Å²) in [6, 6.07) is 0. The zero-order chi connectivity index (χ0) is 10.1. The molecule has 0 spiro atoms. The number of nitrogens with zero attached hydrogens (tertiary/aromatic N) is 2. The second-order valence-corrected chi connectivity index (χ2v) is 2.25. The number of aliphatic carboxylic acids is 1. The predicted octanol–water partition coefficient (Wildman–Crippen LogP) is 0.213. The third-order valence-corrected chi connectivity index (χ3v) is 0.501. The van der Waals surface area contributed by atoms with Crippen LogP contribution in [0.2, 0.25) is 0 Å². The molecule has 0 bridgehead atoms. The van der Waals surface area contributed by atoms with Crippen LogP contribution in [0.15, 0.2) is 12.7 Å². The average molecular weight is 176 g/mol. The van der Waals surface area contributed by atoms with Gasteiger partial charge in [0.2, 0.25) is 0 Å². The van der Waals surface area contributed by atoms with E-state index in [1.807, 2.05) is 28.2 Å². The maximum Gasteiger partial charge on any atom is 0.327 e. The van der Waals surface area contributed by atoms with Crippen LogP contribution in [0.5, 0.6) is 0 Å². The zero-order valence-corrected chi connectivity index (χ0v) is 7.94. The molecule has 0 atom stereocenters. The molecule has 0 fully saturated rings. The molecule has 1 N–H and O–H groups in total. The summed E-state index contributed by atoms with van der Waals surface area (Å²) >= 11 is 0. The van der Waals surface area contributed by atoms with Crippen molar-refractivity contribution >= 4 is 5.97 Å². The highest BCUT2D eigenvalue weighted by molar-refractivity contribution is 5.78. The van der Waals surface area contributed by atoms with Crippen molar-refractivity contribution in [1.29, 1.82) is 0 Å². The Hall–Kier alpha value is -0.910. The summed E-state index contributed by atoms with van der Waals surface area (Å²) in [5.74, 6) is -0.981. The van der Waals surface area contributed by atoms with E-state index in [4.69, 9.17) is 10.0 Å². The van der Waals surface area contributed by atoms with Crippen molar-refractivity contribution in [2.24, 2.45) is 0 Å². The van der Waals surface area contributed by atoms with Crippen LogP contribution >= 0.6 is 0 Å². The van der Waals surface area contributed by atoms with E-state index in [0.29, 0.717) is 0 Å². The van der Waals surface area contributed by atoms with Crippen molar-refractivity contribution in [2.45, 2.75) is 0 Å². The third kappa shape index (κ3) is 23.0. The number of hydrogen-bond acceptors (Lipinski definition) is 4. The Bertz CT molecular complexity index is 129. The van der Waals surface area contributed by atoms with E-state index in [1.54, 1.807) is 10.1 Å². The van der Waals surface area contributed by atoms with Crippen LogP contribution in [0.1, 0.15) is 0 Å². The largest absolute Gasteiger partial charge is 0.478 e. The smallest absolute Gasteiger partial charge is 0.327 e. The number of carboxylic acids is 1. The molecule has 0 saturated carbocycles. The van der Waals surface area contributed by atoms with Crippen molar-refractivity contribution in [3.63, 3.8) is 0 Å². The maximum atomic E-state index is 9.25. The number of carbonyl (C=O) groups is 1. The molecule has 0 saturated heterocycles. The molecular formula is C7H16N2O3. The van der Waals surface area contributed by atoms with Gasteiger partial charge < -0.3 is 5.11 Å². The molecule has 0 radical (unpaired) electrons. The van der Waals surface area contributed by atoms with Gasteiger partial charge in [-0.3, -0.25) is 0 Å². The molecule has 0 amide bonds. The molecule has 0 aliphatic rings. The molecule has 5 nitrogen and oxygen atoms in total. The van der Waals surface area contributed by atoms with Gasteiger partial charge in [-0.15, -0.1) is 0 Å². The lowest BCUT2D eigenvalue weighted by molar-refractivity contribution is -0.281. The van der Waals surface area contributed by atoms with E-state index in [-0.39, 0.29) is 0 Å². The molecular weight excluding hydrogens is 160 g/mol. The Labute approximate surface area is 72.7 Å². The van der Waals surface area contributed by atoms with Crippen LogP contribution in [0, 0.1) is 0 Å². The van der Waals surface area contributed by atoms with Gasteiger partial charge in [-0.25, -0.2) is 9.73 Å². The van der Waals surface area contributed by atoms with Gasteiger partial charge in [-0.1, -0.05) is 6.58 Å². The summed E-state index contributed by atoms with van der Waals surface area (Å²) in [6.07, 6.45) is 0.833. The average Bonchev–Trinajstić information content (AvgIpc) is 1.85. The Morgan fingerprint density at radius 3 is 1.58 bits per heavy atom. The van der Waals surface area contributed by atoms with Gasteiger partial charge >= 0.3 is 5.97 Å². The Balaban J connectivity index is 0. The van der Waals surface area contributed by atoms with E-state index in [1.165, 1.54) is 0 Å². The first-order valence-electron chi connectivity index (χ1n) is 3.28. The first-order valence-corrected chi connectivity index (χ1v) is 3.28. The topological polar surface area (TPSA) is 53.0 Å². The number of hydrogen-bond donors (Lipinski definition) is 1. The first-order chi connectivity index (χ1) is 5.40. The molecule has 0 rings (SSSR count). The molecule has 5 heteroatoms. The van der Waals surface area contributed by atoms with Crippen molar-refractivity contribution in [1.82, 2.24) is 10.1 Å². The van der Waals surface area contributed by atoms with Gasteiger partial charge in [0.05, 0.1) is 0 Å². The fraction of sp³-hybridized carbons (Fsp3) is 0.571. The van der Waals surface area contributed by atoms with Crippen LogP contribution in [0.4, 0.5) is 0 Å². The maximum absolute atomic E-state index is 9.25. The summed E-state index contributed by atoms with van der Waals surface area (Å²) in [7, 11) is 7.33. The van der Waals surface area contributed by atoms with Crippen LogP contribution in [-0.4, -0.2) is 49.4 Å². The second kappa shape index (κ2) is 8.19. The minimum Gasteiger partial charge on any atom is -0.478 e. The van der Waals surface area contributed by atoms with Gasteiger partial charge in [-0.05, 0) is 0 Å². The van der Waals surface area contributed by atoms with Crippen LogP contribution < -0.4 is 0 Å². The summed E-state index contributed by atoms with van der Waals surface area (Å²) in [6.45, 7) is 2.96. The molecule has 0 aliphatic heterocycles. The molecule has 72 valence electrons. The third-order valence-electron chi connectivity index (χ3n) is 0.501. The Kier molecular flexibility index (Phi) is 9.32. The minimum atomic E-state index is -0.981. The second-order valence-electron chi connectivity index (χ2n) is 2.25. The van der Waals surface area contributed by atoms with Crippen LogP contribution in [0.25, 0.3) is 0 Å². The van der Waals surface area contributed by atoms with Gasteiger partial charge in [0.1, 0.15) is 0 Å². The van der Waals surface area contributed by atoms with E-state index in [9.17, 15) is 4.79 Å². The summed E-state index contributed by atoms with van der Waals surface area (Å²) < 4.78 is 0. The number of carboxylic acid groups (broad SMARTS) is 1. The predicted molar refractivity (Wildman–Crippen MR) is 46.3 cm³/mol. The summed E-state index contributed by atoms with van der Waals surface area (Å²) in [5.41, 5.74) is 0. The SMILES string of the molecule is C=CC(=O)O.CN(C)ON(C)C. The molecule has 0 unspecified atom stereocenters. The summed E-state index contributed by atoms with van der Waals surface area (Å²) in [5, 5.41) is 10.9. The van der Waals surface area contributed by atoms with Crippen molar-refractivity contribution in [3.05, 3.63) is 12.7 Å². The molecule has 0 aromatic heterocycles. The van der Waals surface area contributed by atoms with E-state index < -0.39 is 5.97 Å². The fourth-order valence-corrected chi connectivity index (χ4v) is 0.327. The Morgan fingerprint density at radius 1 is 1.33 bits per heavy atom. The van der Waals surface area contributed by atoms with Crippen LogP contribution in [0.3, 0.4) is 0 Å². The van der Waals surface area contributed by atoms with E-state index in [2.05, 4.69) is 6.58 Å². The Morgan fingerprint density at radius 2 is 1.58 bits per heavy atom. The van der Waals surface area contributed by atoms with E-state index in [0.717, 1.165) is 6.08 Å². The lowest BCUT2D eigenvalue weighted by Gasteiger charge is -2.14. The molecule has 12 heavy (non-hydrogen) atoms. The lowest BCUT2D eigenvalue weighted by atomic mass is 10.7. The quantitative estimate of drug-likeness (QED) is 0.492. The van der Waals surface area contributed by atoms with Crippen molar-refractivity contribution < 1.29 is 14.8 Å². The van der Waals surface area contributed by atoms with E-state index >= 15 is 0 Å². The van der Waals surface area contributed by atoms with Crippen molar-refractivity contribution in [2.75, 3.05) is 28.2 Å². The van der Waals surface area contributed by atoms with Gasteiger partial charge in [0.15, 0.2) is 0 Å². The van der Waals surface area contributed by atoms with Crippen molar-refractivity contribution in [3.8, 4) is 0 Å². The molecule has 0 aromatic rings. The highest BCUT2D eigenvalue weighted by Crippen LogP contribution is 1.78. The number of hydroxylamine groups is 4. The lowest BCUT2D eigenvalue weighted by Crippen LogP contribution is -2.23. The van der Waals surface area contributed by atoms with Gasteiger partial charge in [-0.2, -0.15) is 10.1 Å². The molecule has 0 aliphatic carbocycles.